The minimum atomic E-state index is -0.0171. The highest BCUT2D eigenvalue weighted by Gasteiger charge is 2.32. The van der Waals surface area contributed by atoms with Crippen LogP contribution in [0.25, 0.3) is 0 Å². The van der Waals surface area contributed by atoms with E-state index in [1.54, 1.807) is 18.4 Å². The van der Waals surface area contributed by atoms with Crippen LogP contribution in [0.1, 0.15) is 43.5 Å². The van der Waals surface area contributed by atoms with Crippen LogP contribution >= 0.6 is 36.2 Å². The van der Waals surface area contributed by atoms with Crippen LogP contribution in [-0.4, -0.2) is 50.8 Å². The van der Waals surface area contributed by atoms with Crippen molar-refractivity contribution < 1.29 is 14.3 Å². The monoisotopic (exact) mass is 427 g/mol. The summed E-state index contributed by atoms with van der Waals surface area (Å²) in [5.74, 6) is 0.0184. The lowest BCUT2D eigenvalue weighted by atomic mass is 9.79. The van der Waals surface area contributed by atoms with Gasteiger partial charge in [-0.2, -0.15) is 0 Å². The van der Waals surface area contributed by atoms with E-state index in [4.69, 9.17) is 9.47 Å². The lowest BCUT2D eigenvalue weighted by Gasteiger charge is -2.37. The molecule has 2 heterocycles. The summed E-state index contributed by atoms with van der Waals surface area (Å²) in [6.45, 7) is 7.91. The third-order valence-corrected chi connectivity index (χ3v) is 5.51. The Morgan fingerprint density at radius 2 is 2.12 bits per heavy atom. The summed E-state index contributed by atoms with van der Waals surface area (Å²) >= 11 is 1.55. The van der Waals surface area contributed by atoms with Crippen LogP contribution in [0.5, 0.6) is 0 Å². The average Bonchev–Trinajstić information content (AvgIpc) is 3.03. The fraction of sp³-hybridized carbons (Fsp3) is 0.765. The standard InChI is InChI=1S/C17H29N3O3S.2ClH/c1-4-23-13(2)16-20-14(10-24-16)9-15(21)19-11-17(12-22-3)5-7-18-8-6-17;;/h10,13,18H,4-9,11-12H2,1-3H3,(H,19,21);2*1H. The molecular weight excluding hydrogens is 397 g/mol. The molecule has 1 aromatic rings. The van der Waals surface area contributed by atoms with E-state index >= 15 is 0 Å². The Balaban J connectivity index is 0.00000312. The van der Waals surface area contributed by atoms with Crippen molar-refractivity contribution in [1.82, 2.24) is 15.6 Å². The number of hydrogen-bond acceptors (Lipinski definition) is 6. The summed E-state index contributed by atoms with van der Waals surface area (Å²) in [5.41, 5.74) is 0.858. The lowest BCUT2D eigenvalue weighted by molar-refractivity contribution is -0.121. The van der Waals surface area contributed by atoms with Gasteiger partial charge in [0.1, 0.15) is 11.1 Å². The number of aromatic nitrogens is 1. The van der Waals surface area contributed by atoms with Crippen LogP contribution in [0.3, 0.4) is 0 Å². The molecule has 9 heteroatoms. The molecule has 1 fully saturated rings. The molecule has 2 rings (SSSR count). The molecule has 1 amide bonds. The van der Waals surface area contributed by atoms with E-state index in [0.29, 0.717) is 26.2 Å². The first kappa shape index (κ1) is 25.6. The number of hydrogen-bond donors (Lipinski definition) is 2. The zero-order valence-corrected chi connectivity index (χ0v) is 18.2. The van der Waals surface area contributed by atoms with Crippen LogP contribution in [0.2, 0.25) is 0 Å². The highest BCUT2D eigenvalue weighted by Crippen LogP contribution is 2.28. The highest BCUT2D eigenvalue weighted by molar-refractivity contribution is 7.09. The van der Waals surface area contributed by atoms with Crippen molar-refractivity contribution in [3.05, 3.63) is 16.1 Å². The third kappa shape index (κ3) is 7.66. The highest BCUT2D eigenvalue weighted by atomic mass is 35.5. The Morgan fingerprint density at radius 1 is 1.42 bits per heavy atom. The van der Waals surface area contributed by atoms with Crippen molar-refractivity contribution in [2.75, 3.05) is 40.0 Å². The Bertz CT molecular complexity index is 520. The number of halogens is 2. The first-order valence-electron chi connectivity index (χ1n) is 8.61. The number of methoxy groups -OCH3 is 1. The number of carbonyl (C=O) groups excluding carboxylic acids is 1. The number of ether oxygens (including phenoxy) is 2. The van der Waals surface area contributed by atoms with Gasteiger partial charge in [-0.05, 0) is 39.8 Å². The number of amides is 1. The smallest absolute Gasteiger partial charge is 0.226 e. The molecule has 2 N–H and O–H groups in total. The summed E-state index contributed by atoms with van der Waals surface area (Å²) in [4.78, 5) is 16.8. The van der Waals surface area contributed by atoms with E-state index in [-0.39, 0.29) is 42.2 Å². The maximum Gasteiger partial charge on any atom is 0.226 e. The van der Waals surface area contributed by atoms with E-state index in [1.165, 1.54) is 0 Å². The lowest BCUT2D eigenvalue weighted by Crippen LogP contribution is -2.47. The first-order chi connectivity index (χ1) is 11.6. The second-order valence-corrected chi connectivity index (χ2v) is 7.30. The molecular formula is C17H31Cl2N3O3S. The van der Waals surface area contributed by atoms with E-state index in [9.17, 15) is 4.79 Å². The minimum absolute atomic E-state index is 0. The van der Waals surface area contributed by atoms with Crippen molar-refractivity contribution in [1.29, 1.82) is 0 Å². The summed E-state index contributed by atoms with van der Waals surface area (Å²) in [6.07, 6.45) is 2.34. The molecule has 0 aromatic carbocycles. The van der Waals surface area contributed by atoms with Crippen LogP contribution in [0, 0.1) is 5.41 Å². The van der Waals surface area contributed by atoms with Crippen LogP contribution in [0.15, 0.2) is 5.38 Å². The van der Waals surface area contributed by atoms with Gasteiger partial charge in [0.2, 0.25) is 5.91 Å². The molecule has 0 aliphatic carbocycles. The predicted molar refractivity (Wildman–Crippen MR) is 110 cm³/mol. The molecule has 0 bridgehead atoms. The van der Waals surface area contributed by atoms with Gasteiger partial charge >= 0.3 is 0 Å². The number of nitrogens with one attached hydrogen (secondary N) is 2. The van der Waals surface area contributed by atoms with Gasteiger partial charge in [-0.25, -0.2) is 4.98 Å². The van der Waals surface area contributed by atoms with Crippen molar-refractivity contribution in [2.45, 2.75) is 39.2 Å². The van der Waals surface area contributed by atoms with Gasteiger partial charge < -0.3 is 20.1 Å². The van der Waals surface area contributed by atoms with Crippen molar-refractivity contribution >= 4 is 42.1 Å². The molecule has 0 radical (unpaired) electrons. The fourth-order valence-electron chi connectivity index (χ4n) is 3.06. The van der Waals surface area contributed by atoms with Crippen molar-refractivity contribution in [2.24, 2.45) is 5.41 Å². The number of rotatable bonds is 9. The van der Waals surface area contributed by atoms with Gasteiger partial charge in [-0.1, -0.05) is 0 Å². The van der Waals surface area contributed by atoms with E-state index in [0.717, 1.165) is 36.6 Å². The van der Waals surface area contributed by atoms with Gasteiger partial charge in [-0.3, -0.25) is 4.79 Å². The zero-order chi connectivity index (χ0) is 17.4. The Kier molecular flexibility index (Phi) is 12.6. The Hall–Kier alpha value is -0.440. The number of carbonyl (C=O) groups is 1. The Labute approximate surface area is 172 Å². The second-order valence-electron chi connectivity index (χ2n) is 6.41. The molecule has 1 atom stereocenters. The third-order valence-electron chi connectivity index (χ3n) is 4.45. The number of piperidine rings is 1. The maximum absolute atomic E-state index is 12.3. The molecule has 1 aliphatic heterocycles. The largest absolute Gasteiger partial charge is 0.384 e. The fourth-order valence-corrected chi connectivity index (χ4v) is 3.88. The molecule has 6 nitrogen and oxygen atoms in total. The van der Waals surface area contributed by atoms with Gasteiger partial charge in [0.05, 0.1) is 18.7 Å². The molecule has 0 saturated carbocycles. The first-order valence-corrected chi connectivity index (χ1v) is 9.49. The minimum Gasteiger partial charge on any atom is -0.384 e. The molecule has 152 valence electrons. The summed E-state index contributed by atoms with van der Waals surface area (Å²) < 4.78 is 10.9. The topological polar surface area (TPSA) is 72.5 Å². The number of thiazole rings is 1. The molecule has 26 heavy (non-hydrogen) atoms. The molecule has 1 aromatic heterocycles. The zero-order valence-electron chi connectivity index (χ0n) is 15.7. The van der Waals surface area contributed by atoms with E-state index < -0.39 is 0 Å². The SMILES string of the molecule is CCOC(C)c1nc(CC(=O)NCC2(COC)CCNCC2)cs1.Cl.Cl. The summed E-state index contributed by atoms with van der Waals surface area (Å²) in [5, 5.41) is 9.31. The summed E-state index contributed by atoms with van der Waals surface area (Å²) in [7, 11) is 1.72. The van der Waals surface area contributed by atoms with Gasteiger partial charge in [0.15, 0.2) is 0 Å². The normalized spacial score (nSPS) is 16.9. The molecule has 1 saturated heterocycles. The van der Waals surface area contributed by atoms with E-state index in [2.05, 4.69) is 15.6 Å². The van der Waals surface area contributed by atoms with Crippen molar-refractivity contribution in [3.8, 4) is 0 Å². The molecule has 1 aliphatic rings. The predicted octanol–water partition coefficient (Wildman–Crippen LogP) is 2.76. The molecule has 0 spiro atoms. The maximum atomic E-state index is 12.3. The van der Waals surface area contributed by atoms with Crippen LogP contribution in [-0.2, 0) is 20.7 Å². The van der Waals surface area contributed by atoms with Gasteiger partial charge in [-0.15, -0.1) is 36.2 Å². The van der Waals surface area contributed by atoms with Crippen LogP contribution < -0.4 is 10.6 Å². The number of nitrogens with zero attached hydrogens (tertiary/aromatic N) is 1. The Morgan fingerprint density at radius 3 is 2.73 bits per heavy atom. The summed E-state index contributed by atoms with van der Waals surface area (Å²) in [6, 6.07) is 0. The average molecular weight is 428 g/mol. The van der Waals surface area contributed by atoms with Gasteiger partial charge in [0, 0.05) is 31.1 Å². The molecule has 1 unspecified atom stereocenters. The van der Waals surface area contributed by atoms with Crippen LogP contribution in [0.4, 0.5) is 0 Å². The van der Waals surface area contributed by atoms with Crippen molar-refractivity contribution in [3.63, 3.8) is 0 Å². The quantitative estimate of drug-likeness (QED) is 0.633. The van der Waals surface area contributed by atoms with Gasteiger partial charge in [0.25, 0.3) is 0 Å². The van der Waals surface area contributed by atoms with E-state index in [1.807, 2.05) is 19.2 Å². The second kappa shape index (κ2) is 12.9.